The largest absolute Gasteiger partial charge is 0.383 e. The first-order valence-corrected chi connectivity index (χ1v) is 10.2. The third kappa shape index (κ3) is 3.94. The van der Waals surface area contributed by atoms with Crippen molar-refractivity contribution in [2.75, 3.05) is 20.3 Å². The Balaban J connectivity index is 1.63. The van der Waals surface area contributed by atoms with Crippen LogP contribution in [0.5, 0.6) is 0 Å². The van der Waals surface area contributed by atoms with Gasteiger partial charge in [-0.1, -0.05) is 48.0 Å². The predicted octanol–water partition coefficient (Wildman–Crippen LogP) is 2.63. The average molecular weight is 396 g/mol. The number of benzene rings is 2. The highest BCUT2D eigenvalue weighted by Crippen LogP contribution is 2.19. The fourth-order valence-electron chi connectivity index (χ4n) is 3.92. The van der Waals surface area contributed by atoms with Gasteiger partial charge >= 0.3 is 0 Å². The number of ether oxygens (including phenoxy) is 1. The van der Waals surface area contributed by atoms with E-state index in [9.17, 15) is 0 Å². The summed E-state index contributed by atoms with van der Waals surface area (Å²) in [5.74, 6) is 0.919. The van der Waals surface area contributed by atoms with E-state index in [0.717, 1.165) is 42.3 Å². The molecule has 0 amide bonds. The fourth-order valence-corrected chi connectivity index (χ4v) is 4.20. The number of hydrogen-bond donors (Lipinski definition) is 1. The molecule has 1 unspecified atom stereocenters. The Morgan fingerprint density at radius 1 is 1.14 bits per heavy atom. The normalized spacial score (nSPS) is 16.1. The van der Waals surface area contributed by atoms with E-state index in [0.29, 0.717) is 13.2 Å². The van der Waals surface area contributed by atoms with E-state index in [1.807, 2.05) is 4.68 Å². The molecule has 0 saturated carbocycles. The molecular formula is C22H27N4OS+. The fraction of sp³-hybridized carbons (Fsp3) is 0.364. The van der Waals surface area contributed by atoms with Gasteiger partial charge in [-0.05, 0) is 30.8 Å². The van der Waals surface area contributed by atoms with Crippen molar-refractivity contribution in [3.63, 3.8) is 0 Å². The Hall–Kier alpha value is -2.28. The van der Waals surface area contributed by atoms with Gasteiger partial charge in [0.15, 0.2) is 12.5 Å². The van der Waals surface area contributed by atoms with Gasteiger partial charge in [0.1, 0.15) is 6.54 Å². The van der Waals surface area contributed by atoms with Crippen molar-refractivity contribution in [1.82, 2.24) is 14.3 Å². The smallest absolute Gasteiger partial charge is 0.203 e. The summed E-state index contributed by atoms with van der Waals surface area (Å²) < 4.78 is 10.2. The Morgan fingerprint density at radius 2 is 1.96 bits per heavy atom. The van der Waals surface area contributed by atoms with Crippen molar-refractivity contribution in [1.29, 1.82) is 0 Å². The number of hydrogen-bond acceptors (Lipinski definition) is 3. The Morgan fingerprint density at radius 3 is 2.75 bits per heavy atom. The second kappa shape index (κ2) is 8.39. The summed E-state index contributed by atoms with van der Waals surface area (Å²) in [5.41, 5.74) is 5.23. The molecule has 0 aliphatic carbocycles. The van der Waals surface area contributed by atoms with Gasteiger partial charge in [-0.2, -0.15) is 4.68 Å². The third-order valence-electron chi connectivity index (χ3n) is 5.40. The lowest BCUT2D eigenvalue weighted by molar-refractivity contribution is -0.939. The molecule has 0 bridgehead atoms. The lowest BCUT2D eigenvalue weighted by Crippen LogP contribution is -3.11. The first-order valence-electron chi connectivity index (χ1n) is 9.79. The minimum atomic E-state index is 0.614. The zero-order valence-electron chi connectivity index (χ0n) is 16.5. The first kappa shape index (κ1) is 19.1. The van der Waals surface area contributed by atoms with E-state index in [-0.39, 0.29) is 0 Å². The summed E-state index contributed by atoms with van der Waals surface area (Å²) >= 11 is 5.80. The quantitative estimate of drug-likeness (QED) is 0.652. The summed E-state index contributed by atoms with van der Waals surface area (Å²) in [6.07, 6.45) is 1.11. The molecule has 5 nitrogen and oxygen atoms in total. The van der Waals surface area contributed by atoms with Crippen LogP contribution < -0.4 is 4.90 Å². The van der Waals surface area contributed by atoms with Crippen LogP contribution in [0, 0.1) is 11.7 Å². The summed E-state index contributed by atoms with van der Waals surface area (Å²) in [7, 11) is 1.72. The van der Waals surface area contributed by atoms with E-state index in [2.05, 4.69) is 60.0 Å². The van der Waals surface area contributed by atoms with E-state index < -0.39 is 0 Å². The molecule has 0 radical (unpaired) electrons. The molecule has 1 aromatic heterocycles. The number of methoxy groups -OCH3 is 1. The minimum absolute atomic E-state index is 0.614. The highest BCUT2D eigenvalue weighted by Gasteiger charge is 2.21. The maximum absolute atomic E-state index is 5.80. The van der Waals surface area contributed by atoms with Crippen LogP contribution in [0.25, 0.3) is 11.4 Å². The molecule has 4 rings (SSSR count). The highest BCUT2D eigenvalue weighted by atomic mass is 32.1. The van der Waals surface area contributed by atoms with Crippen molar-refractivity contribution in [2.45, 2.75) is 33.1 Å². The van der Waals surface area contributed by atoms with Crippen LogP contribution in [0.2, 0.25) is 0 Å². The summed E-state index contributed by atoms with van der Waals surface area (Å²) in [6.45, 7) is 6.32. The zero-order valence-corrected chi connectivity index (χ0v) is 17.3. The molecular weight excluding hydrogens is 368 g/mol. The Bertz CT molecular complexity index is 1020. The van der Waals surface area contributed by atoms with Crippen molar-refractivity contribution in [3.8, 4) is 11.4 Å². The molecule has 28 heavy (non-hydrogen) atoms. The molecule has 2 aromatic carbocycles. The Labute approximate surface area is 171 Å². The third-order valence-corrected chi connectivity index (χ3v) is 5.83. The molecule has 0 spiro atoms. The van der Waals surface area contributed by atoms with Gasteiger partial charge in [0.05, 0.1) is 19.7 Å². The minimum Gasteiger partial charge on any atom is -0.383 e. The summed E-state index contributed by atoms with van der Waals surface area (Å²) in [6, 6.07) is 17.2. The van der Waals surface area contributed by atoms with Crippen LogP contribution in [0.1, 0.15) is 16.7 Å². The van der Waals surface area contributed by atoms with Gasteiger partial charge in [0, 0.05) is 24.7 Å². The standard InChI is InChI=1S/C22H26N4OS/c1-17-6-5-9-19(14-17)21-23-26(22(28)25(21)12-13-27-2)16-24-11-10-18-7-3-4-8-20(18)15-24/h3-9,14H,10-13,15-16H2,1-2H3/p+1. The van der Waals surface area contributed by atoms with E-state index in [1.165, 1.54) is 21.6 Å². The van der Waals surface area contributed by atoms with Crippen LogP contribution >= 0.6 is 12.2 Å². The van der Waals surface area contributed by atoms with Crippen molar-refractivity contribution in [3.05, 3.63) is 70.0 Å². The van der Waals surface area contributed by atoms with Crippen molar-refractivity contribution >= 4 is 12.2 Å². The molecule has 1 aliphatic rings. The van der Waals surface area contributed by atoms with E-state index >= 15 is 0 Å². The molecule has 0 saturated heterocycles. The van der Waals surface area contributed by atoms with Gasteiger partial charge in [0.2, 0.25) is 4.77 Å². The van der Waals surface area contributed by atoms with E-state index in [4.69, 9.17) is 22.1 Å². The predicted molar refractivity (Wildman–Crippen MR) is 113 cm³/mol. The second-order valence-corrected chi connectivity index (χ2v) is 7.84. The van der Waals surface area contributed by atoms with E-state index in [1.54, 1.807) is 7.11 Å². The average Bonchev–Trinajstić information content (AvgIpc) is 3.02. The lowest BCUT2D eigenvalue weighted by atomic mass is 10.0. The molecule has 1 N–H and O–H groups in total. The van der Waals surface area contributed by atoms with Gasteiger partial charge in [-0.25, -0.2) is 0 Å². The topological polar surface area (TPSA) is 36.4 Å². The van der Waals surface area contributed by atoms with Gasteiger partial charge in [-0.15, -0.1) is 5.10 Å². The molecule has 146 valence electrons. The molecule has 0 fully saturated rings. The van der Waals surface area contributed by atoms with Crippen LogP contribution in [-0.4, -0.2) is 34.6 Å². The molecule has 6 heteroatoms. The molecule has 1 atom stereocenters. The first-order chi connectivity index (χ1) is 13.7. The van der Waals surface area contributed by atoms with Gasteiger partial charge < -0.3 is 9.64 Å². The van der Waals surface area contributed by atoms with Crippen molar-refractivity contribution in [2.24, 2.45) is 0 Å². The van der Waals surface area contributed by atoms with Gasteiger partial charge in [0.25, 0.3) is 0 Å². The number of aromatic nitrogens is 3. The lowest BCUT2D eigenvalue weighted by Gasteiger charge is -2.25. The summed E-state index contributed by atoms with van der Waals surface area (Å²) in [5, 5.41) is 4.92. The van der Waals surface area contributed by atoms with Gasteiger partial charge in [-0.3, -0.25) is 4.57 Å². The number of rotatable bonds is 6. The van der Waals surface area contributed by atoms with Crippen LogP contribution in [0.15, 0.2) is 48.5 Å². The molecule has 2 heterocycles. The van der Waals surface area contributed by atoms with Crippen molar-refractivity contribution < 1.29 is 9.64 Å². The van der Waals surface area contributed by atoms with Crippen LogP contribution in [0.4, 0.5) is 0 Å². The number of nitrogens with zero attached hydrogens (tertiary/aromatic N) is 3. The number of fused-ring (bicyclic) bond motifs is 1. The zero-order chi connectivity index (χ0) is 19.5. The Kier molecular flexibility index (Phi) is 5.71. The summed E-state index contributed by atoms with van der Waals surface area (Å²) in [4.78, 5) is 1.49. The number of quaternary nitrogens is 1. The van der Waals surface area contributed by atoms with Crippen LogP contribution in [-0.2, 0) is 30.9 Å². The molecule has 1 aliphatic heterocycles. The monoisotopic (exact) mass is 395 g/mol. The second-order valence-electron chi connectivity index (χ2n) is 7.47. The van der Waals surface area contributed by atoms with Crippen LogP contribution in [0.3, 0.4) is 0 Å². The highest BCUT2D eigenvalue weighted by molar-refractivity contribution is 7.71. The SMILES string of the molecule is COCCn1c(-c2cccc(C)c2)nn(C[NH+]2CCc3ccccc3C2)c1=S. The maximum Gasteiger partial charge on any atom is 0.203 e. The molecule has 3 aromatic rings. The number of aryl methyl sites for hydroxylation is 1. The maximum atomic E-state index is 5.80. The number of nitrogens with one attached hydrogen (secondary N) is 1.